The molecule has 3 heteroatoms. The Morgan fingerprint density at radius 3 is 3.00 bits per heavy atom. The smallest absolute Gasteiger partial charge is 0.129 e. The van der Waals surface area contributed by atoms with Crippen LogP contribution >= 0.6 is 11.6 Å². The van der Waals surface area contributed by atoms with E-state index in [9.17, 15) is 0 Å². The van der Waals surface area contributed by atoms with E-state index in [1.54, 1.807) is 0 Å². The van der Waals surface area contributed by atoms with Crippen LogP contribution < -0.4 is 4.90 Å². The average Bonchev–Trinajstić information content (AvgIpc) is 2.94. The Morgan fingerprint density at radius 1 is 1.37 bits per heavy atom. The molecule has 0 spiro atoms. The van der Waals surface area contributed by atoms with E-state index in [0.29, 0.717) is 11.9 Å². The summed E-state index contributed by atoms with van der Waals surface area (Å²) < 4.78 is 0. The summed E-state index contributed by atoms with van der Waals surface area (Å²) in [6.07, 6.45) is 3.73. The van der Waals surface area contributed by atoms with Crippen LogP contribution in [-0.4, -0.2) is 17.6 Å². The van der Waals surface area contributed by atoms with Crippen molar-refractivity contribution >= 4 is 28.3 Å². The second-order valence-electron chi connectivity index (χ2n) is 5.19. The van der Waals surface area contributed by atoms with E-state index in [1.807, 2.05) is 12.1 Å². The van der Waals surface area contributed by atoms with Crippen LogP contribution in [0.1, 0.15) is 31.7 Å². The molecule has 0 N–H and O–H groups in total. The fourth-order valence-corrected chi connectivity index (χ4v) is 3.27. The molecule has 0 aliphatic carbocycles. The molecule has 1 saturated heterocycles. The lowest BCUT2D eigenvalue weighted by atomic mass is 10.1. The van der Waals surface area contributed by atoms with Crippen LogP contribution in [0.5, 0.6) is 0 Å². The molecule has 100 valence electrons. The minimum Gasteiger partial charge on any atom is -0.354 e. The maximum absolute atomic E-state index is 6.11. The summed E-state index contributed by atoms with van der Waals surface area (Å²) in [7, 11) is 0. The lowest BCUT2D eigenvalue weighted by Gasteiger charge is -2.25. The first-order valence-corrected chi connectivity index (χ1v) is 7.58. The Hall–Kier alpha value is -1.28. The van der Waals surface area contributed by atoms with Crippen molar-refractivity contribution in [1.82, 2.24) is 4.98 Å². The van der Waals surface area contributed by atoms with Gasteiger partial charge in [0.15, 0.2) is 0 Å². The number of nitrogens with zero attached hydrogens (tertiary/aromatic N) is 2. The number of para-hydroxylation sites is 1. The molecule has 0 bridgehead atoms. The molecule has 1 aliphatic rings. The normalized spacial score (nSPS) is 19.3. The zero-order chi connectivity index (χ0) is 13.2. The van der Waals surface area contributed by atoms with Crippen molar-refractivity contribution in [2.75, 3.05) is 11.4 Å². The number of alkyl halides is 1. The van der Waals surface area contributed by atoms with Gasteiger partial charge >= 0.3 is 0 Å². The second kappa shape index (κ2) is 5.38. The highest BCUT2D eigenvalue weighted by Gasteiger charge is 2.24. The third-order valence-corrected chi connectivity index (χ3v) is 4.36. The van der Waals surface area contributed by atoms with Gasteiger partial charge in [-0.25, -0.2) is 4.98 Å². The first-order chi connectivity index (χ1) is 9.33. The van der Waals surface area contributed by atoms with Gasteiger partial charge < -0.3 is 4.90 Å². The number of halogens is 1. The molecular formula is C16H19ClN2. The van der Waals surface area contributed by atoms with Gasteiger partial charge in [-0.1, -0.05) is 25.1 Å². The Morgan fingerprint density at radius 2 is 2.21 bits per heavy atom. The van der Waals surface area contributed by atoms with Crippen LogP contribution in [-0.2, 0) is 5.88 Å². The summed E-state index contributed by atoms with van der Waals surface area (Å²) in [6, 6.07) is 11.1. The number of hydrogen-bond acceptors (Lipinski definition) is 2. The van der Waals surface area contributed by atoms with Gasteiger partial charge in [-0.2, -0.15) is 0 Å². The van der Waals surface area contributed by atoms with Crippen LogP contribution in [0.4, 0.5) is 5.82 Å². The summed E-state index contributed by atoms with van der Waals surface area (Å²) in [5, 5.41) is 1.17. The molecule has 0 radical (unpaired) electrons. The highest BCUT2D eigenvalue weighted by Crippen LogP contribution is 2.30. The van der Waals surface area contributed by atoms with E-state index in [0.717, 1.165) is 17.9 Å². The summed E-state index contributed by atoms with van der Waals surface area (Å²) in [5.74, 6) is 1.64. The van der Waals surface area contributed by atoms with E-state index in [-0.39, 0.29) is 0 Å². The monoisotopic (exact) mass is 274 g/mol. The zero-order valence-corrected chi connectivity index (χ0v) is 12.0. The van der Waals surface area contributed by atoms with Crippen LogP contribution in [0.2, 0.25) is 0 Å². The van der Waals surface area contributed by atoms with Gasteiger partial charge in [-0.15, -0.1) is 11.6 Å². The number of anilines is 1. The second-order valence-corrected chi connectivity index (χ2v) is 5.46. The van der Waals surface area contributed by atoms with E-state index in [4.69, 9.17) is 16.6 Å². The van der Waals surface area contributed by atoms with Crippen LogP contribution in [0.3, 0.4) is 0 Å². The van der Waals surface area contributed by atoms with Crippen LogP contribution in [0, 0.1) is 0 Å². The average molecular weight is 275 g/mol. The summed E-state index contributed by atoms with van der Waals surface area (Å²) in [5.41, 5.74) is 2.24. The molecule has 1 unspecified atom stereocenters. The van der Waals surface area contributed by atoms with Gasteiger partial charge in [0, 0.05) is 23.9 Å². The molecule has 0 saturated carbocycles. The Kier molecular flexibility index (Phi) is 3.61. The third-order valence-electron chi connectivity index (χ3n) is 4.07. The third kappa shape index (κ3) is 2.30. The molecule has 0 amide bonds. The van der Waals surface area contributed by atoms with Crippen molar-refractivity contribution in [2.45, 2.75) is 38.1 Å². The van der Waals surface area contributed by atoms with Crippen molar-refractivity contribution in [3.8, 4) is 0 Å². The minimum absolute atomic E-state index is 0.542. The largest absolute Gasteiger partial charge is 0.354 e. The van der Waals surface area contributed by atoms with Crippen molar-refractivity contribution in [3.05, 3.63) is 35.9 Å². The first-order valence-electron chi connectivity index (χ1n) is 7.04. The number of benzene rings is 1. The lowest BCUT2D eigenvalue weighted by Crippen LogP contribution is -2.29. The number of fused-ring (bicyclic) bond motifs is 1. The predicted octanol–water partition coefficient (Wildman–Crippen LogP) is 4.35. The predicted molar refractivity (Wildman–Crippen MR) is 82.0 cm³/mol. The maximum Gasteiger partial charge on any atom is 0.129 e. The number of rotatable bonds is 3. The fraction of sp³-hybridized carbons (Fsp3) is 0.438. The molecular weight excluding hydrogens is 256 g/mol. The number of pyridine rings is 1. The van der Waals surface area contributed by atoms with E-state index in [1.165, 1.54) is 30.2 Å². The minimum atomic E-state index is 0.542. The van der Waals surface area contributed by atoms with Gasteiger partial charge in [0.2, 0.25) is 0 Å². The quantitative estimate of drug-likeness (QED) is 0.774. The number of aromatic nitrogens is 1. The molecule has 3 rings (SSSR count). The van der Waals surface area contributed by atoms with Gasteiger partial charge in [-0.3, -0.25) is 0 Å². The van der Waals surface area contributed by atoms with Crippen LogP contribution in [0.25, 0.3) is 10.9 Å². The van der Waals surface area contributed by atoms with Crippen molar-refractivity contribution in [2.24, 2.45) is 0 Å². The van der Waals surface area contributed by atoms with Crippen molar-refractivity contribution in [3.63, 3.8) is 0 Å². The maximum atomic E-state index is 6.11. The molecule has 2 heterocycles. The highest BCUT2D eigenvalue weighted by atomic mass is 35.5. The summed E-state index contributed by atoms with van der Waals surface area (Å²) in [4.78, 5) is 7.28. The Labute approximate surface area is 119 Å². The zero-order valence-electron chi connectivity index (χ0n) is 11.3. The molecule has 1 fully saturated rings. The molecule has 2 aromatic rings. The first kappa shape index (κ1) is 12.7. The lowest BCUT2D eigenvalue weighted by molar-refractivity contribution is 0.641. The van der Waals surface area contributed by atoms with E-state index < -0.39 is 0 Å². The van der Waals surface area contributed by atoms with Gasteiger partial charge in [-0.05, 0) is 37.0 Å². The SMILES string of the molecule is CCC1CCCN1c1cc(CCl)c2ccccc2n1. The van der Waals surface area contributed by atoms with Gasteiger partial charge in [0.25, 0.3) is 0 Å². The van der Waals surface area contributed by atoms with Gasteiger partial charge in [0.05, 0.1) is 5.52 Å². The molecule has 1 aromatic heterocycles. The molecule has 1 aliphatic heterocycles. The highest BCUT2D eigenvalue weighted by molar-refractivity contribution is 6.18. The van der Waals surface area contributed by atoms with E-state index in [2.05, 4.69) is 30.0 Å². The molecule has 1 atom stereocenters. The number of hydrogen-bond donors (Lipinski definition) is 0. The van der Waals surface area contributed by atoms with Crippen molar-refractivity contribution in [1.29, 1.82) is 0 Å². The Bertz CT molecular complexity index is 582. The van der Waals surface area contributed by atoms with Crippen LogP contribution in [0.15, 0.2) is 30.3 Å². The summed E-state index contributed by atoms with van der Waals surface area (Å²) in [6.45, 7) is 3.37. The van der Waals surface area contributed by atoms with Gasteiger partial charge in [0.1, 0.15) is 5.82 Å². The van der Waals surface area contributed by atoms with E-state index >= 15 is 0 Å². The Balaban J connectivity index is 2.09. The topological polar surface area (TPSA) is 16.1 Å². The molecule has 1 aromatic carbocycles. The fourth-order valence-electron chi connectivity index (χ4n) is 3.05. The standard InChI is InChI=1S/C16H19ClN2/c1-2-13-6-5-9-19(13)16-10-12(11-17)14-7-3-4-8-15(14)18-16/h3-4,7-8,10,13H,2,5-6,9,11H2,1H3. The van der Waals surface area contributed by atoms with Crippen molar-refractivity contribution < 1.29 is 0 Å². The molecule has 19 heavy (non-hydrogen) atoms. The molecule has 2 nitrogen and oxygen atoms in total. The summed E-state index contributed by atoms with van der Waals surface area (Å²) >= 11 is 6.11.